The molecule has 0 amide bonds. The van der Waals surface area contributed by atoms with Gasteiger partial charge in [-0.25, -0.2) is 0 Å². The first kappa shape index (κ1) is 23.4. The van der Waals surface area contributed by atoms with Crippen LogP contribution in [0.3, 0.4) is 0 Å². The van der Waals surface area contributed by atoms with E-state index in [1.807, 2.05) is 14.0 Å². The second kappa shape index (κ2) is 12.7. The Morgan fingerprint density at radius 1 is 1.15 bits per heavy atom. The van der Waals surface area contributed by atoms with Crippen LogP contribution in [0.4, 0.5) is 0 Å². The quantitative estimate of drug-likeness (QED) is 0.249. The van der Waals surface area contributed by atoms with E-state index < -0.39 is 0 Å². The van der Waals surface area contributed by atoms with Crippen molar-refractivity contribution in [1.82, 2.24) is 25.3 Å². The average molecular weight is 484 g/mol. The molecule has 1 heterocycles. The van der Waals surface area contributed by atoms with Gasteiger partial charge in [-0.1, -0.05) is 30.3 Å². The van der Waals surface area contributed by atoms with Crippen LogP contribution in [0.1, 0.15) is 23.4 Å². The molecule has 2 N–H and O–H groups in total. The Labute approximate surface area is 180 Å². The lowest BCUT2D eigenvalue weighted by Gasteiger charge is -2.18. The van der Waals surface area contributed by atoms with Crippen molar-refractivity contribution in [2.45, 2.75) is 33.4 Å². The van der Waals surface area contributed by atoms with Crippen LogP contribution in [0.25, 0.3) is 0 Å². The number of rotatable bonds is 9. The molecule has 0 atom stereocenters. The number of aromatic nitrogens is 2. The van der Waals surface area contributed by atoms with Crippen molar-refractivity contribution in [2.24, 2.45) is 4.99 Å². The fourth-order valence-electron chi connectivity index (χ4n) is 2.90. The summed E-state index contributed by atoms with van der Waals surface area (Å²) >= 11 is 0. The highest BCUT2D eigenvalue weighted by Crippen LogP contribution is 2.02. The van der Waals surface area contributed by atoms with Gasteiger partial charge in [-0.15, -0.1) is 24.0 Å². The molecular weight excluding hydrogens is 451 g/mol. The number of likely N-dealkylation sites (N-methyl/N-ethyl adjacent to an activating group) is 1. The van der Waals surface area contributed by atoms with E-state index in [2.05, 4.69) is 80.7 Å². The van der Waals surface area contributed by atoms with Crippen LogP contribution in [-0.2, 0) is 13.1 Å². The van der Waals surface area contributed by atoms with Gasteiger partial charge in [-0.2, -0.15) is 5.10 Å². The number of hydrogen-bond donors (Lipinski definition) is 2. The molecule has 2 aromatic rings. The molecule has 0 aliphatic heterocycles. The van der Waals surface area contributed by atoms with Gasteiger partial charge in [0.1, 0.15) is 0 Å². The summed E-state index contributed by atoms with van der Waals surface area (Å²) in [4.78, 5) is 6.59. The molecule has 0 spiro atoms. The van der Waals surface area contributed by atoms with Gasteiger partial charge in [0.15, 0.2) is 5.96 Å². The third kappa shape index (κ3) is 8.75. The van der Waals surface area contributed by atoms with Gasteiger partial charge in [0.2, 0.25) is 0 Å². The van der Waals surface area contributed by atoms with Crippen LogP contribution in [0, 0.1) is 13.8 Å². The number of nitrogens with one attached hydrogen (secondary N) is 2. The van der Waals surface area contributed by atoms with Crippen molar-refractivity contribution in [1.29, 1.82) is 0 Å². The van der Waals surface area contributed by atoms with Gasteiger partial charge in [0.05, 0.1) is 5.69 Å². The van der Waals surface area contributed by atoms with E-state index >= 15 is 0 Å². The maximum atomic E-state index is 4.49. The van der Waals surface area contributed by atoms with Crippen LogP contribution >= 0.6 is 24.0 Å². The second-order valence-corrected chi connectivity index (χ2v) is 6.65. The smallest absolute Gasteiger partial charge is 0.191 e. The van der Waals surface area contributed by atoms with Crippen LogP contribution in [0.2, 0.25) is 0 Å². The molecule has 0 bridgehead atoms. The van der Waals surface area contributed by atoms with Crippen molar-refractivity contribution in [3.63, 3.8) is 0 Å². The van der Waals surface area contributed by atoms with E-state index in [1.54, 1.807) is 0 Å². The lowest BCUT2D eigenvalue weighted by molar-refractivity contribution is 0.331. The summed E-state index contributed by atoms with van der Waals surface area (Å²) < 4.78 is 2.06. The summed E-state index contributed by atoms with van der Waals surface area (Å²) in [6, 6.07) is 12.6. The van der Waals surface area contributed by atoms with E-state index in [-0.39, 0.29) is 24.0 Å². The topological polar surface area (TPSA) is 57.5 Å². The fourth-order valence-corrected chi connectivity index (χ4v) is 2.90. The zero-order valence-corrected chi connectivity index (χ0v) is 19.2. The van der Waals surface area contributed by atoms with Crippen molar-refractivity contribution in [2.75, 3.05) is 33.7 Å². The second-order valence-electron chi connectivity index (χ2n) is 6.65. The monoisotopic (exact) mass is 484 g/mol. The third-order valence-corrected chi connectivity index (χ3v) is 4.25. The standard InChI is InChI=1S/C20H32N6.HI/c1-17-15-18(2)26(24-17)13-8-11-22-20(21-3)23-12-14-25(4)16-19-9-6-5-7-10-19;/h5-7,9-10,15H,8,11-14,16H2,1-4H3,(H2,21,22,23);1H. The van der Waals surface area contributed by atoms with Gasteiger partial charge in [0.25, 0.3) is 0 Å². The lowest BCUT2D eigenvalue weighted by atomic mass is 10.2. The van der Waals surface area contributed by atoms with Crippen molar-refractivity contribution in [3.8, 4) is 0 Å². The highest BCUT2D eigenvalue weighted by atomic mass is 127. The Kier molecular flexibility index (Phi) is 11.0. The Bertz CT molecular complexity index is 683. The summed E-state index contributed by atoms with van der Waals surface area (Å²) in [5, 5.41) is 11.2. The summed E-state index contributed by atoms with van der Waals surface area (Å²) in [6.45, 7) is 8.70. The molecule has 1 aromatic carbocycles. The highest BCUT2D eigenvalue weighted by molar-refractivity contribution is 14.0. The van der Waals surface area contributed by atoms with Crippen molar-refractivity contribution in [3.05, 3.63) is 53.3 Å². The SMILES string of the molecule is CN=C(NCCCn1nc(C)cc1C)NCCN(C)Cc1ccccc1.I. The Hall–Kier alpha value is -1.61. The third-order valence-electron chi connectivity index (χ3n) is 4.25. The predicted molar refractivity (Wildman–Crippen MR) is 124 cm³/mol. The summed E-state index contributed by atoms with van der Waals surface area (Å²) in [6.07, 6.45) is 1.01. The van der Waals surface area contributed by atoms with E-state index in [4.69, 9.17) is 0 Å². The maximum absolute atomic E-state index is 4.49. The number of aliphatic imine (C=N–C) groups is 1. The Balaban J connectivity index is 0.00000364. The first-order valence-electron chi connectivity index (χ1n) is 9.26. The normalized spacial score (nSPS) is 11.4. The molecule has 150 valence electrons. The Morgan fingerprint density at radius 3 is 2.48 bits per heavy atom. The molecule has 0 unspecified atom stereocenters. The van der Waals surface area contributed by atoms with Crippen LogP contribution < -0.4 is 10.6 Å². The zero-order valence-electron chi connectivity index (χ0n) is 16.9. The number of halogens is 1. The number of nitrogens with zero attached hydrogens (tertiary/aromatic N) is 4. The zero-order chi connectivity index (χ0) is 18.8. The molecule has 0 aliphatic carbocycles. The largest absolute Gasteiger partial charge is 0.356 e. The number of aryl methyl sites for hydroxylation is 3. The first-order chi connectivity index (χ1) is 12.6. The minimum Gasteiger partial charge on any atom is -0.356 e. The van der Waals surface area contributed by atoms with Crippen molar-refractivity contribution < 1.29 is 0 Å². The molecule has 6 nitrogen and oxygen atoms in total. The van der Waals surface area contributed by atoms with Crippen molar-refractivity contribution >= 4 is 29.9 Å². The molecule has 2 rings (SSSR count). The summed E-state index contributed by atoms with van der Waals surface area (Å²) in [5.41, 5.74) is 3.63. The predicted octanol–water partition coefficient (Wildman–Crippen LogP) is 2.81. The molecule has 0 saturated heterocycles. The molecule has 0 saturated carbocycles. The van der Waals surface area contributed by atoms with Gasteiger partial charge in [-0.3, -0.25) is 9.67 Å². The number of benzene rings is 1. The first-order valence-corrected chi connectivity index (χ1v) is 9.26. The van der Waals surface area contributed by atoms with E-state index in [0.29, 0.717) is 0 Å². The number of hydrogen-bond acceptors (Lipinski definition) is 3. The molecule has 7 heteroatoms. The van der Waals surface area contributed by atoms with Crippen LogP contribution in [-0.4, -0.2) is 54.4 Å². The minimum absolute atomic E-state index is 0. The molecule has 27 heavy (non-hydrogen) atoms. The highest BCUT2D eigenvalue weighted by Gasteiger charge is 2.03. The Morgan fingerprint density at radius 2 is 1.85 bits per heavy atom. The van der Waals surface area contributed by atoms with Crippen LogP contribution in [0.5, 0.6) is 0 Å². The van der Waals surface area contributed by atoms with Gasteiger partial charge < -0.3 is 15.5 Å². The molecule has 0 radical (unpaired) electrons. The van der Waals surface area contributed by atoms with E-state index in [0.717, 1.165) is 50.8 Å². The molecule has 0 aliphatic rings. The summed E-state index contributed by atoms with van der Waals surface area (Å²) in [7, 11) is 3.95. The van der Waals surface area contributed by atoms with E-state index in [9.17, 15) is 0 Å². The van der Waals surface area contributed by atoms with E-state index in [1.165, 1.54) is 11.3 Å². The summed E-state index contributed by atoms with van der Waals surface area (Å²) in [5.74, 6) is 0.853. The minimum atomic E-state index is 0. The number of guanidine groups is 1. The molecule has 0 fully saturated rings. The fraction of sp³-hybridized carbons (Fsp3) is 0.500. The van der Waals surface area contributed by atoms with Gasteiger partial charge in [-0.05, 0) is 38.9 Å². The molecular formula is C20H33IN6. The van der Waals surface area contributed by atoms with Crippen LogP contribution in [0.15, 0.2) is 41.4 Å². The molecule has 1 aromatic heterocycles. The average Bonchev–Trinajstić information content (AvgIpc) is 2.95. The maximum Gasteiger partial charge on any atom is 0.191 e. The van der Waals surface area contributed by atoms with Gasteiger partial charge in [0, 0.05) is 45.5 Å². The lowest BCUT2D eigenvalue weighted by Crippen LogP contribution is -2.41. The van der Waals surface area contributed by atoms with Gasteiger partial charge >= 0.3 is 0 Å².